The Kier molecular flexibility index (Phi) is 3.01. The number of hydrogen-bond acceptors (Lipinski definition) is 5. The van der Waals surface area contributed by atoms with E-state index in [1.54, 1.807) is 18.2 Å². The highest BCUT2D eigenvalue weighted by molar-refractivity contribution is 5.98. The van der Waals surface area contributed by atoms with Crippen LogP contribution in [0.15, 0.2) is 18.2 Å². The van der Waals surface area contributed by atoms with Gasteiger partial charge in [-0.3, -0.25) is 0 Å². The molecular weight excluding hydrogens is 224 g/mol. The molecule has 5 nitrogen and oxygen atoms in total. The summed E-state index contributed by atoms with van der Waals surface area (Å²) in [6.45, 7) is 0. The van der Waals surface area contributed by atoms with E-state index in [0.717, 1.165) is 0 Å². The second kappa shape index (κ2) is 4.47. The van der Waals surface area contributed by atoms with E-state index in [0.29, 0.717) is 17.1 Å². The monoisotopic (exact) mass is 236 g/mol. The number of ether oxygens (including phenoxy) is 3. The van der Waals surface area contributed by atoms with Crippen molar-refractivity contribution < 1.29 is 24.1 Å². The molecule has 1 N–H and O–H groups in total. The van der Waals surface area contributed by atoms with Gasteiger partial charge in [0.1, 0.15) is 17.1 Å². The van der Waals surface area contributed by atoms with Crippen molar-refractivity contribution in [2.45, 2.75) is 6.29 Å². The molecule has 1 atom stereocenters. The van der Waals surface area contributed by atoms with Crippen molar-refractivity contribution in [2.24, 2.45) is 0 Å². The molecule has 1 aromatic rings. The van der Waals surface area contributed by atoms with Crippen LogP contribution in [-0.2, 0) is 4.74 Å². The number of benzene rings is 1. The lowest BCUT2D eigenvalue weighted by Crippen LogP contribution is -2.18. The molecule has 0 spiro atoms. The first kappa shape index (κ1) is 11.5. The summed E-state index contributed by atoms with van der Waals surface area (Å²) < 4.78 is 15.0. The van der Waals surface area contributed by atoms with E-state index >= 15 is 0 Å². The van der Waals surface area contributed by atoms with Gasteiger partial charge in [0.25, 0.3) is 0 Å². The highest BCUT2D eigenvalue weighted by Crippen LogP contribution is 2.34. The number of esters is 1. The summed E-state index contributed by atoms with van der Waals surface area (Å²) in [7, 11) is 2.76. The van der Waals surface area contributed by atoms with Gasteiger partial charge in [-0.1, -0.05) is 0 Å². The Morgan fingerprint density at radius 3 is 2.82 bits per heavy atom. The van der Waals surface area contributed by atoms with Crippen molar-refractivity contribution in [1.82, 2.24) is 0 Å². The van der Waals surface area contributed by atoms with E-state index in [-0.39, 0.29) is 5.56 Å². The average Bonchev–Trinajstić information content (AvgIpc) is 2.36. The van der Waals surface area contributed by atoms with Crippen LogP contribution >= 0.6 is 0 Å². The molecule has 1 heterocycles. The lowest BCUT2D eigenvalue weighted by atomic mass is 10.0. The van der Waals surface area contributed by atoms with Crippen LogP contribution in [0, 0.1) is 0 Å². The van der Waals surface area contributed by atoms with Crippen molar-refractivity contribution in [2.75, 3.05) is 14.2 Å². The number of aliphatic hydroxyl groups is 1. The minimum Gasteiger partial charge on any atom is -0.496 e. The van der Waals surface area contributed by atoms with Crippen LogP contribution in [0.5, 0.6) is 11.5 Å². The summed E-state index contributed by atoms with van der Waals surface area (Å²) in [4.78, 5) is 11.7. The number of hydrogen-bond donors (Lipinski definition) is 1. The molecule has 0 fully saturated rings. The molecule has 2 rings (SSSR count). The number of rotatable bonds is 2. The Morgan fingerprint density at radius 2 is 2.18 bits per heavy atom. The van der Waals surface area contributed by atoms with Gasteiger partial charge in [-0.2, -0.15) is 0 Å². The van der Waals surface area contributed by atoms with Crippen molar-refractivity contribution in [3.8, 4) is 11.5 Å². The lowest BCUT2D eigenvalue weighted by molar-refractivity contribution is 0.0226. The van der Waals surface area contributed by atoms with Crippen molar-refractivity contribution in [3.63, 3.8) is 0 Å². The molecule has 1 unspecified atom stereocenters. The van der Waals surface area contributed by atoms with E-state index < -0.39 is 12.3 Å². The zero-order valence-corrected chi connectivity index (χ0v) is 9.47. The largest absolute Gasteiger partial charge is 0.496 e. The Labute approximate surface area is 98.2 Å². The molecule has 0 saturated carbocycles. The van der Waals surface area contributed by atoms with Crippen molar-refractivity contribution in [3.05, 3.63) is 29.3 Å². The quantitative estimate of drug-likeness (QED) is 0.782. The Morgan fingerprint density at radius 1 is 1.41 bits per heavy atom. The van der Waals surface area contributed by atoms with Crippen LogP contribution in [0.25, 0.3) is 6.08 Å². The van der Waals surface area contributed by atoms with Crippen LogP contribution in [0.1, 0.15) is 15.9 Å². The summed E-state index contributed by atoms with van der Waals surface area (Å²) >= 11 is 0. The lowest BCUT2D eigenvalue weighted by Gasteiger charge is -2.20. The van der Waals surface area contributed by atoms with Crippen LogP contribution < -0.4 is 9.47 Å². The maximum Gasteiger partial charge on any atom is 0.342 e. The van der Waals surface area contributed by atoms with Gasteiger partial charge >= 0.3 is 5.97 Å². The number of carbonyl (C=O) groups excluding carboxylic acids is 1. The molecule has 0 amide bonds. The predicted molar refractivity (Wildman–Crippen MR) is 60.0 cm³/mol. The first-order valence-electron chi connectivity index (χ1n) is 4.99. The fourth-order valence-corrected chi connectivity index (χ4v) is 1.68. The van der Waals surface area contributed by atoms with Gasteiger partial charge in [-0.15, -0.1) is 0 Å². The first-order chi connectivity index (χ1) is 8.17. The third-order valence-electron chi connectivity index (χ3n) is 2.45. The second-order valence-corrected chi connectivity index (χ2v) is 3.41. The molecule has 1 aliphatic heterocycles. The molecule has 0 aliphatic carbocycles. The highest BCUT2D eigenvalue weighted by atomic mass is 16.6. The van der Waals surface area contributed by atoms with E-state index in [4.69, 9.17) is 14.2 Å². The van der Waals surface area contributed by atoms with E-state index in [1.807, 2.05) is 0 Å². The normalized spacial score (nSPS) is 17.0. The third-order valence-corrected chi connectivity index (χ3v) is 2.45. The van der Waals surface area contributed by atoms with Crippen LogP contribution in [0.3, 0.4) is 0 Å². The van der Waals surface area contributed by atoms with Gasteiger partial charge < -0.3 is 19.3 Å². The van der Waals surface area contributed by atoms with Gasteiger partial charge in [-0.05, 0) is 24.3 Å². The van der Waals surface area contributed by atoms with E-state index in [1.165, 1.54) is 20.3 Å². The summed E-state index contributed by atoms with van der Waals surface area (Å²) in [6.07, 6.45) is 2.05. The van der Waals surface area contributed by atoms with Crippen molar-refractivity contribution in [1.29, 1.82) is 0 Å². The first-order valence-corrected chi connectivity index (χ1v) is 4.99. The highest BCUT2D eigenvalue weighted by Gasteiger charge is 2.23. The fourth-order valence-electron chi connectivity index (χ4n) is 1.68. The third kappa shape index (κ3) is 1.97. The molecule has 1 aromatic carbocycles. The standard InChI is InChI=1S/C12H12O5/c1-15-9-5-4-8-7(3-6-10(13)17-8)11(9)12(14)16-2/h3-6,10,13H,1-2H3. The summed E-state index contributed by atoms with van der Waals surface area (Å²) in [5.41, 5.74) is 0.831. The van der Waals surface area contributed by atoms with Crippen LogP contribution in [0.2, 0.25) is 0 Å². The number of fused-ring (bicyclic) bond motifs is 1. The molecule has 0 radical (unpaired) electrons. The number of carbonyl (C=O) groups is 1. The Bertz CT molecular complexity index is 478. The zero-order chi connectivity index (χ0) is 12.4. The molecule has 0 saturated heterocycles. The van der Waals surface area contributed by atoms with Crippen molar-refractivity contribution >= 4 is 12.0 Å². The summed E-state index contributed by atoms with van der Waals surface area (Å²) in [5.74, 6) is 0.310. The summed E-state index contributed by atoms with van der Waals surface area (Å²) in [6, 6.07) is 3.23. The Balaban J connectivity index is 2.60. The molecular formula is C12H12O5. The minimum absolute atomic E-state index is 0.288. The van der Waals surface area contributed by atoms with Gasteiger partial charge in [0, 0.05) is 5.56 Å². The molecule has 5 heteroatoms. The van der Waals surface area contributed by atoms with Gasteiger partial charge in [-0.25, -0.2) is 4.79 Å². The van der Waals surface area contributed by atoms with Gasteiger partial charge in [0.15, 0.2) is 0 Å². The van der Waals surface area contributed by atoms with E-state index in [2.05, 4.69) is 0 Å². The average molecular weight is 236 g/mol. The fraction of sp³-hybridized carbons (Fsp3) is 0.250. The molecule has 17 heavy (non-hydrogen) atoms. The maximum absolute atomic E-state index is 11.7. The predicted octanol–water partition coefficient (Wildman–Crippen LogP) is 1.21. The van der Waals surface area contributed by atoms with Gasteiger partial charge in [0.2, 0.25) is 6.29 Å². The maximum atomic E-state index is 11.7. The molecule has 0 aromatic heterocycles. The Hall–Kier alpha value is -2.01. The smallest absolute Gasteiger partial charge is 0.342 e. The van der Waals surface area contributed by atoms with Crippen LogP contribution in [-0.4, -0.2) is 31.6 Å². The minimum atomic E-state index is -0.999. The zero-order valence-electron chi connectivity index (χ0n) is 9.47. The molecule has 0 bridgehead atoms. The second-order valence-electron chi connectivity index (χ2n) is 3.41. The van der Waals surface area contributed by atoms with E-state index in [9.17, 15) is 9.90 Å². The molecule has 1 aliphatic rings. The SMILES string of the molecule is COC(=O)c1c(OC)ccc2c1C=CC(O)O2. The summed E-state index contributed by atoms with van der Waals surface area (Å²) in [5, 5.41) is 9.31. The number of methoxy groups -OCH3 is 2. The number of aliphatic hydroxyl groups excluding tert-OH is 1. The van der Waals surface area contributed by atoms with Gasteiger partial charge in [0.05, 0.1) is 14.2 Å². The molecule has 90 valence electrons. The van der Waals surface area contributed by atoms with Crippen LogP contribution in [0.4, 0.5) is 0 Å². The topological polar surface area (TPSA) is 65.0 Å².